The molecule has 0 bridgehead atoms. The van der Waals surface area contributed by atoms with Crippen LogP contribution in [0.5, 0.6) is 0 Å². The van der Waals surface area contributed by atoms with Gasteiger partial charge in [-0.25, -0.2) is 18.7 Å². The SMILES string of the molecule is O=C(NO)c1cc(-c2ccc(F)cc2)n(C2CC(F)(F)C2)c1F.[CH-]=C.[CH3-].[W+2]. The molecule has 0 unspecified atom stereocenters. The second kappa shape index (κ2) is 9.85. The molecule has 0 saturated heterocycles. The van der Waals surface area contributed by atoms with Crippen LogP contribution in [-0.2, 0) is 21.1 Å². The smallest absolute Gasteiger partial charge is 0.521 e. The van der Waals surface area contributed by atoms with Crippen molar-refractivity contribution in [2.75, 3.05) is 0 Å². The molecule has 0 spiro atoms. The van der Waals surface area contributed by atoms with Crippen LogP contribution in [0.1, 0.15) is 29.2 Å². The Kier molecular flexibility index (Phi) is 9.15. The second-order valence-electron chi connectivity index (χ2n) is 5.47. The van der Waals surface area contributed by atoms with Crippen LogP contribution in [0.4, 0.5) is 17.6 Å². The maximum atomic E-state index is 14.5. The fourth-order valence-electron chi connectivity index (χ4n) is 2.73. The number of amides is 1. The number of hydrogen-bond acceptors (Lipinski definition) is 2. The first-order valence-electron chi connectivity index (χ1n) is 7.22. The maximum absolute atomic E-state index is 14.5. The summed E-state index contributed by atoms with van der Waals surface area (Å²) >= 11 is 0. The van der Waals surface area contributed by atoms with Crippen molar-refractivity contribution in [1.82, 2.24) is 10.0 Å². The summed E-state index contributed by atoms with van der Waals surface area (Å²) in [7, 11) is 0. The number of carbonyl (C=O) groups excluding carboxylic acids is 1. The zero-order valence-electron chi connectivity index (χ0n) is 14.4. The Bertz CT molecular complexity index is 770. The van der Waals surface area contributed by atoms with Gasteiger partial charge in [0.25, 0.3) is 11.8 Å². The first-order chi connectivity index (χ1) is 11.8. The van der Waals surface area contributed by atoms with Crippen LogP contribution in [0.3, 0.4) is 0 Å². The summed E-state index contributed by atoms with van der Waals surface area (Å²) in [6, 6.07) is 5.34. The number of nitrogens with zero attached hydrogens (tertiary/aromatic N) is 1. The minimum atomic E-state index is -2.87. The first kappa shape index (κ1) is 25.1. The molecule has 146 valence electrons. The molecule has 1 amide bonds. The molecule has 1 aliphatic carbocycles. The predicted molar refractivity (Wildman–Crippen MR) is 88.6 cm³/mol. The van der Waals surface area contributed by atoms with Crippen LogP contribution in [-0.4, -0.2) is 21.6 Å². The summed E-state index contributed by atoms with van der Waals surface area (Å²) in [5.41, 5.74) is 1.38. The van der Waals surface area contributed by atoms with Crippen LogP contribution >= 0.6 is 0 Å². The van der Waals surface area contributed by atoms with E-state index >= 15 is 0 Å². The fourth-order valence-corrected chi connectivity index (χ4v) is 2.73. The van der Waals surface area contributed by atoms with E-state index in [0.29, 0.717) is 5.56 Å². The Morgan fingerprint density at radius 3 is 2.19 bits per heavy atom. The molecule has 1 aromatic heterocycles. The van der Waals surface area contributed by atoms with E-state index in [1.165, 1.54) is 17.6 Å². The number of rotatable bonds is 3. The number of alkyl halides is 2. The molecule has 1 saturated carbocycles. The van der Waals surface area contributed by atoms with Crippen molar-refractivity contribution in [3.8, 4) is 11.3 Å². The van der Waals surface area contributed by atoms with Crippen molar-refractivity contribution in [2.24, 2.45) is 0 Å². The minimum absolute atomic E-state index is 0. The Balaban J connectivity index is 0.00000164. The number of carbonyl (C=O) groups is 1. The van der Waals surface area contributed by atoms with E-state index in [-0.39, 0.29) is 34.2 Å². The van der Waals surface area contributed by atoms with E-state index in [1.807, 2.05) is 0 Å². The molecule has 0 atom stereocenters. The van der Waals surface area contributed by atoms with Crippen molar-refractivity contribution < 1.29 is 48.6 Å². The third-order valence-corrected chi connectivity index (χ3v) is 3.89. The Morgan fingerprint density at radius 2 is 1.74 bits per heavy atom. The van der Waals surface area contributed by atoms with Gasteiger partial charge in [0.05, 0.1) is 11.3 Å². The van der Waals surface area contributed by atoms with Gasteiger partial charge >= 0.3 is 21.1 Å². The number of hydroxylamine groups is 1. The summed E-state index contributed by atoms with van der Waals surface area (Å²) in [6.07, 6.45) is -1.10. The number of benzene rings is 1. The van der Waals surface area contributed by atoms with Gasteiger partial charge in [0.2, 0.25) is 5.95 Å². The molecule has 1 heterocycles. The van der Waals surface area contributed by atoms with Gasteiger partial charge in [0, 0.05) is 18.9 Å². The van der Waals surface area contributed by atoms with Gasteiger partial charge in [-0.05, 0) is 35.9 Å². The van der Waals surface area contributed by atoms with E-state index in [1.54, 1.807) is 0 Å². The Morgan fingerprint density at radius 1 is 1.22 bits per heavy atom. The number of nitrogens with one attached hydrogen (secondary N) is 1. The third kappa shape index (κ3) is 5.08. The van der Waals surface area contributed by atoms with Crippen molar-refractivity contribution in [3.05, 3.63) is 68.2 Å². The first-order valence-corrected chi connectivity index (χ1v) is 7.22. The summed E-state index contributed by atoms with van der Waals surface area (Å²) in [6.45, 7) is 7.00. The quantitative estimate of drug-likeness (QED) is 0.253. The monoisotopic (exact) mass is 554 g/mol. The van der Waals surface area contributed by atoms with E-state index in [0.717, 1.165) is 22.8 Å². The largest absolute Gasteiger partial charge is 2.00 e. The van der Waals surface area contributed by atoms with Gasteiger partial charge in [-0.3, -0.25) is 16.6 Å². The molecule has 9 heteroatoms. The number of hydrogen-bond donors (Lipinski definition) is 2. The third-order valence-electron chi connectivity index (χ3n) is 3.89. The minimum Gasteiger partial charge on any atom is -0.521 e. The maximum Gasteiger partial charge on any atom is 2.00 e. The molecule has 2 aromatic rings. The van der Waals surface area contributed by atoms with E-state index in [2.05, 4.69) is 13.2 Å². The van der Waals surface area contributed by atoms with Gasteiger partial charge in [-0.15, -0.1) is 0 Å². The Labute approximate surface area is 169 Å². The number of halogens is 4. The van der Waals surface area contributed by atoms with E-state index in [4.69, 9.17) is 5.21 Å². The molecular formula is C18H18F4N2O2W. The molecule has 2 N–H and O–H groups in total. The van der Waals surface area contributed by atoms with Gasteiger partial charge < -0.3 is 18.6 Å². The fraction of sp³-hybridized carbons (Fsp3) is 0.222. The summed E-state index contributed by atoms with van der Waals surface area (Å²) in [5.74, 6) is -5.48. The van der Waals surface area contributed by atoms with Gasteiger partial charge in [-0.1, -0.05) is 0 Å². The molecule has 0 aliphatic heterocycles. The van der Waals surface area contributed by atoms with Crippen LogP contribution in [0.25, 0.3) is 11.3 Å². The number of aromatic nitrogens is 1. The molecule has 1 aromatic carbocycles. The average molecular weight is 554 g/mol. The summed E-state index contributed by atoms with van der Waals surface area (Å²) < 4.78 is 54.8. The van der Waals surface area contributed by atoms with Gasteiger partial charge in [-0.2, -0.15) is 4.39 Å². The molecular weight excluding hydrogens is 536 g/mol. The zero-order valence-corrected chi connectivity index (χ0v) is 17.3. The molecule has 3 rings (SSSR count). The molecule has 0 radical (unpaired) electrons. The standard InChI is InChI=1S/C15H12F4N2O2.C2H3.CH3.W/c16-9-3-1-8(2-4-9)12-5-11(14(22)20-23)13(17)21(12)10-6-15(18,19)7-10;1-2;;/h1-5,10,23H,6-7H2,(H,20,22);1H,2H2;1H3;/q;2*-1;+2. The normalized spacial score (nSPS) is 14.6. The van der Waals surface area contributed by atoms with Gasteiger partial charge in [0.15, 0.2) is 0 Å². The van der Waals surface area contributed by atoms with E-state index < -0.39 is 48.0 Å². The van der Waals surface area contributed by atoms with Crippen molar-refractivity contribution >= 4 is 5.91 Å². The molecule has 1 aliphatic rings. The summed E-state index contributed by atoms with van der Waals surface area (Å²) in [4.78, 5) is 11.5. The molecule has 4 nitrogen and oxygen atoms in total. The zero-order chi connectivity index (χ0) is 18.8. The topological polar surface area (TPSA) is 54.3 Å². The van der Waals surface area contributed by atoms with E-state index in [9.17, 15) is 22.4 Å². The average Bonchev–Trinajstić information content (AvgIpc) is 2.91. The van der Waals surface area contributed by atoms with Crippen molar-refractivity contribution in [3.63, 3.8) is 0 Å². The van der Waals surface area contributed by atoms with Crippen LogP contribution in [0.15, 0.2) is 36.9 Å². The predicted octanol–water partition coefficient (Wildman–Crippen LogP) is 4.58. The van der Waals surface area contributed by atoms with Crippen molar-refractivity contribution in [1.29, 1.82) is 0 Å². The molecule has 27 heavy (non-hydrogen) atoms. The van der Waals surface area contributed by atoms with Crippen molar-refractivity contribution in [2.45, 2.75) is 24.8 Å². The van der Waals surface area contributed by atoms with Crippen LogP contribution in [0, 0.1) is 25.8 Å². The molecule has 1 fully saturated rings. The van der Waals surface area contributed by atoms with Gasteiger partial charge in [0.1, 0.15) is 5.82 Å². The van der Waals surface area contributed by atoms with Crippen LogP contribution < -0.4 is 5.48 Å². The second-order valence-corrected chi connectivity index (χ2v) is 5.47. The summed E-state index contributed by atoms with van der Waals surface area (Å²) in [5, 5.41) is 8.67. The van der Waals surface area contributed by atoms with Crippen LogP contribution in [0.2, 0.25) is 0 Å². The Hall–Kier alpha value is -1.92.